The Balaban J connectivity index is 2.20. The van der Waals surface area contributed by atoms with Gasteiger partial charge >= 0.3 is 5.97 Å². The van der Waals surface area contributed by atoms with Crippen LogP contribution in [0.5, 0.6) is 0 Å². The Bertz CT molecular complexity index is 484. The molecule has 0 atom stereocenters. The molecule has 0 amide bonds. The van der Waals surface area contributed by atoms with Crippen LogP contribution in [0.25, 0.3) is 0 Å². The van der Waals surface area contributed by atoms with Crippen LogP contribution in [0.3, 0.4) is 0 Å². The lowest BCUT2D eigenvalue weighted by atomic mass is 9.93. The number of anilines is 1. The van der Waals surface area contributed by atoms with Gasteiger partial charge in [0.25, 0.3) is 0 Å². The van der Waals surface area contributed by atoms with E-state index in [2.05, 4.69) is 20.5 Å². The van der Waals surface area contributed by atoms with Gasteiger partial charge in [0.15, 0.2) is 0 Å². The fraction of sp³-hybridized carbons (Fsp3) is 0.714. The van der Waals surface area contributed by atoms with E-state index in [-0.39, 0.29) is 6.42 Å². The van der Waals surface area contributed by atoms with E-state index in [1.165, 1.54) is 0 Å². The lowest BCUT2D eigenvalue weighted by Gasteiger charge is -2.28. The number of carbonyl (C=O) groups is 1. The van der Waals surface area contributed by atoms with Gasteiger partial charge in [0, 0.05) is 0 Å². The van der Waals surface area contributed by atoms with Crippen LogP contribution in [0.1, 0.15) is 57.3 Å². The number of nitrogens with one attached hydrogen (secondary N) is 1. The Hall–Kier alpha value is -1.72. The molecule has 6 nitrogen and oxygen atoms in total. The molecule has 0 radical (unpaired) electrons. The molecular weight excluding hydrogens is 256 g/mol. The zero-order valence-electron chi connectivity index (χ0n) is 12.1. The smallest absolute Gasteiger partial charge is 0.305 e. The fourth-order valence-corrected chi connectivity index (χ4v) is 2.92. The van der Waals surface area contributed by atoms with E-state index in [9.17, 15) is 4.79 Å². The third-order valence-electron chi connectivity index (χ3n) is 3.94. The first kappa shape index (κ1) is 14.7. The Morgan fingerprint density at radius 3 is 2.40 bits per heavy atom. The van der Waals surface area contributed by atoms with Crippen molar-refractivity contribution in [3.63, 3.8) is 0 Å². The van der Waals surface area contributed by atoms with Gasteiger partial charge in [-0.05, 0) is 25.7 Å². The molecule has 0 aromatic carbocycles. The molecule has 0 aliphatic heterocycles. The summed E-state index contributed by atoms with van der Waals surface area (Å²) in [7, 11) is 0. The highest BCUT2D eigenvalue weighted by Crippen LogP contribution is 2.35. The lowest BCUT2D eigenvalue weighted by Crippen LogP contribution is -2.38. The van der Waals surface area contributed by atoms with Crippen molar-refractivity contribution < 1.29 is 9.90 Å². The highest BCUT2D eigenvalue weighted by atomic mass is 16.4. The second kappa shape index (κ2) is 6.15. The SMILES string of the molecule is CCc1nnc(NC2(CC(=O)O)CCCC2)nc1CC. The van der Waals surface area contributed by atoms with E-state index in [4.69, 9.17) is 5.11 Å². The minimum absolute atomic E-state index is 0.105. The molecule has 2 N–H and O–H groups in total. The number of nitrogens with zero attached hydrogens (tertiary/aromatic N) is 3. The molecule has 0 bridgehead atoms. The van der Waals surface area contributed by atoms with Crippen LogP contribution in [-0.4, -0.2) is 31.8 Å². The summed E-state index contributed by atoms with van der Waals surface area (Å²) in [5.41, 5.74) is 1.44. The number of hydrogen-bond donors (Lipinski definition) is 2. The quantitative estimate of drug-likeness (QED) is 0.829. The number of aromatic nitrogens is 3. The van der Waals surface area contributed by atoms with Gasteiger partial charge in [0.05, 0.1) is 23.3 Å². The van der Waals surface area contributed by atoms with E-state index in [1.54, 1.807) is 0 Å². The summed E-state index contributed by atoms with van der Waals surface area (Å²) in [6, 6.07) is 0. The Morgan fingerprint density at radius 2 is 1.85 bits per heavy atom. The summed E-state index contributed by atoms with van der Waals surface area (Å²) in [4.78, 5) is 15.6. The Labute approximate surface area is 119 Å². The van der Waals surface area contributed by atoms with Crippen molar-refractivity contribution in [3.05, 3.63) is 11.4 Å². The normalized spacial score (nSPS) is 17.1. The lowest BCUT2D eigenvalue weighted by molar-refractivity contribution is -0.138. The summed E-state index contributed by atoms with van der Waals surface area (Å²) in [6.07, 6.45) is 5.50. The largest absolute Gasteiger partial charge is 0.481 e. The van der Waals surface area contributed by atoms with Crippen LogP contribution in [0, 0.1) is 0 Å². The van der Waals surface area contributed by atoms with Gasteiger partial charge in [-0.15, -0.1) is 5.10 Å². The molecule has 0 spiro atoms. The maximum Gasteiger partial charge on any atom is 0.305 e. The molecule has 1 aliphatic rings. The average Bonchev–Trinajstić information content (AvgIpc) is 2.85. The van der Waals surface area contributed by atoms with E-state index in [1.807, 2.05) is 13.8 Å². The molecular formula is C14H22N4O2. The second-order valence-electron chi connectivity index (χ2n) is 5.42. The van der Waals surface area contributed by atoms with E-state index < -0.39 is 11.5 Å². The van der Waals surface area contributed by atoms with Crippen molar-refractivity contribution in [1.29, 1.82) is 0 Å². The maximum atomic E-state index is 11.1. The summed E-state index contributed by atoms with van der Waals surface area (Å²) < 4.78 is 0. The molecule has 2 rings (SSSR count). The minimum atomic E-state index is -0.784. The molecule has 6 heteroatoms. The third kappa shape index (κ3) is 3.23. The van der Waals surface area contributed by atoms with Crippen LogP contribution < -0.4 is 5.32 Å². The van der Waals surface area contributed by atoms with Gasteiger partial charge in [0.2, 0.25) is 5.95 Å². The molecule has 1 aromatic rings. The summed E-state index contributed by atoms with van der Waals surface area (Å²) in [6.45, 7) is 4.07. The number of aliphatic carboxylic acids is 1. The van der Waals surface area contributed by atoms with Gasteiger partial charge in [-0.2, -0.15) is 5.10 Å². The van der Waals surface area contributed by atoms with Crippen molar-refractivity contribution in [2.24, 2.45) is 0 Å². The topological polar surface area (TPSA) is 88.0 Å². The predicted molar refractivity (Wildman–Crippen MR) is 75.7 cm³/mol. The molecule has 1 saturated carbocycles. The van der Waals surface area contributed by atoms with Gasteiger partial charge in [-0.1, -0.05) is 26.7 Å². The first-order valence-electron chi connectivity index (χ1n) is 7.31. The first-order valence-corrected chi connectivity index (χ1v) is 7.31. The molecule has 0 unspecified atom stereocenters. The maximum absolute atomic E-state index is 11.1. The van der Waals surface area contributed by atoms with E-state index in [0.717, 1.165) is 49.9 Å². The van der Waals surface area contributed by atoms with Crippen LogP contribution in [0.2, 0.25) is 0 Å². The van der Waals surface area contributed by atoms with E-state index in [0.29, 0.717) is 5.95 Å². The molecule has 110 valence electrons. The Kier molecular flexibility index (Phi) is 4.52. The van der Waals surface area contributed by atoms with Crippen molar-refractivity contribution in [2.75, 3.05) is 5.32 Å². The van der Waals surface area contributed by atoms with Crippen LogP contribution in [0.15, 0.2) is 0 Å². The highest BCUT2D eigenvalue weighted by Gasteiger charge is 2.36. The second-order valence-corrected chi connectivity index (χ2v) is 5.42. The molecule has 1 aromatic heterocycles. The van der Waals surface area contributed by atoms with Gasteiger partial charge < -0.3 is 10.4 Å². The summed E-state index contributed by atoms with van der Waals surface area (Å²) >= 11 is 0. The highest BCUT2D eigenvalue weighted by molar-refractivity contribution is 5.69. The summed E-state index contributed by atoms with van der Waals surface area (Å²) in [5, 5.41) is 20.7. The number of rotatable bonds is 6. The number of carboxylic acids is 1. The van der Waals surface area contributed by atoms with E-state index >= 15 is 0 Å². The van der Waals surface area contributed by atoms with Crippen molar-refractivity contribution in [2.45, 2.75) is 64.3 Å². The monoisotopic (exact) mass is 278 g/mol. The molecule has 20 heavy (non-hydrogen) atoms. The van der Waals surface area contributed by atoms with Crippen molar-refractivity contribution in [1.82, 2.24) is 15.2 Å². The van der Waals surface area contributed by atoms with Gasteiger partial charge in [0.1, 0.15) is 0 Å². The molecule has 1 aliphatic carbocycles. The van der Waals surface area contributed by atoms with Crippen molar-refractivity contribution in [3.8, 4) is 0 Å². The number of hydrogen-bond acceptors (Lipinski definition) is 5. The standard InChI is InChI=1S/C14H22N4O2/c1-3-10-11(4-2)17-18-13(15-10)16-14(9-12(19)20)7-5-6-8-14/h3-9H2,1-2H3,(H,19,20)(H,15,16,18). The first-order chi connectivity index (χ1) is 9.58. The van der Waals surface area contributed by atoms with Crippen molar-refractivity contribution >= 4 is 11.9 Å². The molecule has 1 heterocycles. The molecule has 0 saturated heterocycles. The number of aryl methyl sites for hydroxylation is 2. The zero-order chi connectivity index (χ0) is 14.6. The third-order valence-corrected chi connectivity index (χ3v) is 3.94. The minimum Gasteiger partial charge on any atom is -0.481 e. The van der Waals surface area contributed by atoms with Gasteiger partial charge in [-0.25, -0.2) is 4.98 Å². The van der Waals surface area contributed by atoms with Crippen LogP contribution in [0.4, 0.5) is 5.95 Å². The Morgan fingerprint density at radius 1 is 1.20 bits per heavy atom. The fourth-order valence-electron chi connectivity index (χ4n) is 2.92. The summed E-state index contributed by atoms with van der Waals surface area (Å²) in [5.74, 6) is -0.324. The average molecular weight is 278 g/mol. The van der Waals surface area contributed by atoms with Crippen LogP contribution in [-0.2, 0) is 17.6 Å². The zero-order valence-corrected chi connectivity index (χ0v) is 12.1. The predicted octanol–water partition coefficient (Wildman–Crippen LogP) is 2.20. The van der Waals surface area contributed by atoms with Crippen LogP contribution >= 0.6 is 0 Å². The molecule has 1 fully saturated rings. The number of carboxylic acid groups (broad SMARTS) is 1. The van der Waals surface area contributed by atoms with Gasteiger partial charge in [-0.3, -0.25) is 4.79 Å².